The number of esters is 1. The number of quaternary nitrogens is 1. The predicted molar refractivity (Wildman–Crippen MR) is 137 cm³/mol. The first kappa shape index (κ1) is 23.3. The number of nitrogens with zero attached hydrogens (tertiary/aromatic N) is 1. The van der Waals surface area contributed by atoms with E-state index in [1.165, 1.54) is 18.4 Å². The molecule has 2 N–H and O–H groups in total. The third-order valence-electron chi connectivity index (χ3n) is 6.43. The molecule has 0 bridgehead atoms. The van der Waals surface area contributed by atoms with E-state index in [2.05, 4.69) is 107 Å². The van der Waals surface area contributed by atoms with Crippen LogP contribution >= 0.6 is 15.9 Å². The van der Waals surface area contributed by atoms with E-state index in [1.54, 1.807) is 0 Å². The molecule has 0 radical (unpaired) electrons. The lowest BCUT2D eigenvalue weighted by molar-refractivity contribution is -0.947. The largest absolute Gasteiger partial charge is 0.465 e. The van der Waals surface area contributed by atoms with Gasteiger partial charge in [0.25, 0.3) is 0 Å². The second kappa shape index (κ2) is 10.4. The summed E-state index contributed by atoms with van der Waals surface area (Å²) in [6.07, 6.45) is -0.103. The van der Waals surface area contributed by atoms with Crippen molar-refractivity contribution in [2.75, 3.05) is 37.0 Å². The van der Waals surface area contributed by atoms with Gasteiger partial charge in [0.05, 0.1) is 7.11 Å². The number of methoxy groups -OCH3 is 1. The van der Waals surface area contributed by atoms with Gasteiger partial charge in [0.15, 0.2) is 12.7 Å². The molecule has 1 unspecified atom stereocenters. The molecule has 0 fully saturated rings. The van der Waals surface area contributed by atoms with Gasteiger partial charge in [-0.1, -0.05) is 46.3 Å². The fourth-order valence-corrected chi connectivity index (χ4v) is 5.14. The highest BCUT2D eigenvalue weighted by atomic mass is 79.9. The molecule has 0 amide bonds. The zero-order valence-corrected chi connectivity index (χ0v) is 20.9. The Morgan fingerprint density at radius 1 is 1.00 bits per heavy atom. The maximum absolute atomic E-state index is 12.5. The number of benzene rings is 3. The summed E-state index contributed by atoms with van der Waals surface area (Å²) in [7, 11) is 1.45. The van der Waals surface area contributed by atoms with Crippen LogP contribution in [0.25, 0.3) is 0 Å². The number of carbonyl (C=O) groups is 1. The summed E-state index contributed by atoms with van der Waals surface area (Å²) in [5.74, 6) is -0.226. The topological polar surface area (TPSA) is 46.0 Å². The average molecular weight is 509 g/mol. The third-order valence-corrected chi connectivity index (χ3v) is 6.92. The number of anilines is 2. The Morgan fingerprint density at radius 3 is 2.33 bits per heavy atom. The molecule has 0 aliphatic carbocycles. The Kier molecular flexibility index (Phi) is 7.36. The number of fused-ring (bicyclic) bond motifs is 1. The second-order valence-electron chi connectivity index (χ2n) is 8.24. The van der Waals surface area contributed by atoms with Crippen molar-refractivity contribution in [3.8, 4) is 0 Å². The van der Waals surface area contributed by atoms with Gasteiger partial charge in [-0.25, -0.2) is 4.79 Å². The molecule has 3 atom stereocenters. The molecule has 1 aliphatic rings. The monoisotopic (exact) mass is 508 g/mol. The summed E-state index contributed by atoms with van der Waals surface area (Å²) in [5, 5.41) is 3.72. The lowest BCUT2D eigenvalue weighted by Gasteiger charge is -2.41. The van der Waals surface area contributed by atoms with Crippen LogP contribution < -0.4 is 15.1 Å². The first-order valence-electron chi connectivity index (χ1n) is 11.4. The van der Waals surface area contributed by atoms with Gasteiger partial charge >= 0.3 is 5.97 Å². The standard InChI is InChI=1S/C27H30BrN3O2/c1-4-30(5-2)22-14-11-20(12-15-22)27-29-24-16-13-21(28)17-23(24)26(19-9-7-6-8-10-19)31(27)18-25(32)33-3/h6-17,26-27,29H,4-5,18H2,1-3H3/p+1/t26-,27-/m0/s1. The Balaban J connectivity index is 1.82. The molecule has 3 aromatic rings. The van der Waals surface area contributed by atoms with Crippen LogP contribution in [-0.2, 0) is 9.53 Å². The van der Waals surface area contributed by atoms with Crippen molar-refractivity contribution in [2.45, 2.75) is 26.1 Å². The maximum atomic E-state index is 12.5. The number of hydrogen-bond donors (Lipinski definition) is 2. The van der Waals surface area contributed by atoms with Crippen LogP contribution in [0.5, 0.6) is 0 Å². The SMILES string of the molecule is CCN(CC)c1ccc([C@H]2Nc3ccc(Br)cc3[C@H](c3ccccc3)[NH+]2CC(=O)OC)cc1. The molecule has 0 saturated heterocycles. The molecule has 0 spiro atoms. The van der Waals surface area contributed by atoms with E-state index in [9.17, 15) is 4.79 Å². The van der Waals surface area contributed by atoms with Gasteiger partial charge < -0.3 is 15.0 Å². The van der Waals surface area contributed by atoms with Gasteiger partial charge in [-0.3, -0.25) is 4.90 Å². The average Bonchev–Trinajstić information content (AvgIpc) is 2.85. The van der Waals surface area contributed by atoms with Crippen LogP contribution in [0.15, 0.2) is 77.3 Å². The third kappa shape index (κ3) is 4.92. The molecule has 172 valence electrons. The Bertz CT molecular complexity index is 1080. The van der Waals surface area contributed by atoms with Crippen LogP contribution in [0.4, 0.5) is 11.4 Å². The van der Waals surface area contributed by atoms with E-state index >= 15 is 0 Å². The Morgan fingerprint density at radius 2 is 1.70 bits per heavy atom. The summed E-state index contributed by atoms with van der Waals surface area (Å²) >= 11 is 3.64. The number of nitrogens with one attached hydrogen (secondary N) is 2. The highest BCUT2D eigenvalue weighted by Crippen LogP contribution is 2.35. The van der Waals surface area contributed by atoms with Crippen LogP contribution in [0.1, 0.15) is 42.7 Å². The van der Waals surface area contributed by atoms with Crippen molar-refractivity contribution in [3.63, 3.8) is 0 Å². The molecule has 6 heteroatoms. The normalized spacial score (nSPS) is 19.3. The summed E-state index contributed by atoms with van der Waals surface area (Å²) in [5.41, 5.74) is 5.75. The second-order valence-corrected chi connectivity index (χ2v) is 9.16. The smallest absolute Gasteiger partial charge is 0.361 e. The van der Waals surface area contributed by atoms with E-state index in [0.29, 0.717) is 0 Å². The van der Waals surface area contributed by atoms with Crippen LogP contribution in [0.3, 0.4) is 0 Å². The number of ether oxygens (including phenoxy) is 1. The van der Waals surface area contributed by atoms with E-state index in [0.717, 1.165) is 39.3 Å². The first-order chi connectivity index (χ1) is 16.0. The van der Waals surface area contributed by atoms with Crippen molar-refractivity contribution < 1.29 is 14.4 Å². The Hall–Kier alpha value is -2.83. The highest BCUT2D eigenvalue weighted by Gasteiger charge is 2.41. The van der Waals surface area contributed by atoms with Crippen molar-refractivity contribution in [1.82, 2.24) is 0 Å². The number of rotatable bonds is 7. The first-order valence-corrected chi connectivity index (χ1v) is 12.2. The lowest BCUT2D eigenvalue weighted by Crippen LogP contribution is -3.15. The maximum Gasteiger partial charge on any atom is 0.361 e. The lowest BCUT2D eigenvalue weighted by atomic mass is 9.91. The molecule has 0 saturated carbocycles. The fraction of sp³-hybridized carbons (Fsp3) is 0.296. The van der Waals surface area contributed by atoms with Crippen molar-refractivity contribution in [1.29, 1.82) is 0 Å². The van der Waals surface area contributed by atoms with Crippen LogP contribution in [0.2, 0.25) is 0 Å². The van der Waals surface area contributed by atoms with Gasteiger partial charge in [0, 0.05) is 45.6 Å². The highest BCUT2D eigenvalue weighted by molar-refractivity contribution is 9.10. The molecule has 1 heterocycles. The summed E-state index contributed by atoms with van der Waals surface area (Å²) in [6, 6.07) is 25.4. The van der Waals surface area contributed by atoms with Gasteiger partial charge in [-0.15, -0.1) is 0 Å². The zero-order valence-electron chi connectivity index (χ0n) is 19.3. The van der Waals surface area contributed by atoms with E-state index < -0.39 is 0 Å². The summed E-state index contributed by atoms with van der Waals surface area (Å²) in [4.78, 5) is 16.0. The quantitative estimate of drug-likeness (QED) is 0.459. The number of halogens is 1. The summed E-state index contributed by atoms with van der Waals surface area (Å²) < 4.78 is 6.13. The van der Waals surface area contributed by atoms with Crippen molar-refractivity contribution in [3.05, 3.63) is 94.0 Å². The molecule has 5 nitrogen and oxygen atoms in total. The van der Waals surface area contributed by atoms with Crippen LogP contribution in [0, 0.1) is 0 Å². The van der Waals surface area contributed by atoms with E-state index in [-0.39, 0.29) is 24.7 Å². The van der Waals surface area contributed by atoms with E-state index in [4.69, 9.17) is 4.74 Å². The number of carbonyl (C=O) groups excluding carboxylic acids is 1. The number of hydrogen-bond acceptors (Lipinski definition) is 4. The molecule has 4 rings (SSSR count). The molecular formula is C27H31BrN3O2+. The van der Waals surface area contributed by atoms with Crippen LogP contribution in [-0.4, -0.2) is 32.7 Å². The fourth-order valence-electron chi connectivity index (χ4n) is 4.76. The Labute approximate surface area is 204 Å². The van der Waals surface area contributed by atoms with Gasteiger partial charge in [-0.05, 0) is 56.3 Å². The minimum atomic E-state index is -0.226. The van der Waals surface area contributed by atoms with Gasteiger partial charge in [0.2, 0.25) is 0 Å². The molecule has 0 aromatic heterocycles. The van der Waals surface area contributed by atoms with Gasteiger partial charge in [0.1, 0.15) is 6.04 Å². The zero-order chi connectivity index (χ0) is 23.4. The molecule has 1 aliphatic heterocycles. The van der Waals surface area contributed by atoms with E-state index in [1.807, 2.05) is 6.07 Å². The molecule has 33 heavy (non-hydrogen) atoms. The van der Waals surface area contributed by atoms with Crippen molar-refractivity contribution in [2.24, 2.45) is 0 Å². The van der Waals surface area contributed by atoms with Gasteiger partial charge in [-0.2, -0.15) is 0 Å². The predicted octanol–water partition coefficient (Wildman–Crippen LogP) is 4.57. The molecule has 3 aromatic carbocycles. The summed E-state index contributed by atoms with van der Waals surface area (Å²) in [6.45, 7) is 6.52. The minimum absolute atomic E-state index is 0.0218. The minimum Gasteiger partial charge on any atom is -0.465 e. The molecular weight excluding hydrogens is 478 g/mol. The van der Waals surface area contributed by atoms with Crippen molar-refractivity contribution >= 4 is 33.3 Å².